The molecule has 1 aromatic rings. The van der Waals surface area contributed by atoms with Crippen LogP contribution in [0, 0.1) is 5.92 Å². The van der Waals surface area contributed by atoms with E-state index in [-0.39, 0.29) is 12.6 Å². The van der Waals surface area contributed by atoms with Gasteiger partial charge in [0.25, 0.3) is 0 Å². The first-order valence-corrected chi connectivity index (χ1v) is 9.81. The smallest absolute Gasteiger partial charge is 0.344 e. The predicted octanol–water partition coefficient (Wildman–Crippen LogP) is 4.32. The molecular weight excluding hydrogens is 361 g/mol. The summed E-state index contributed by atoms with van der Waals surface area (Å²) in [5.41, 5.74) is 0. The van der Waals surface area contributed by atoms with Gasteiger partial charge in [-0.15, -0.1) is 0 Å². The van der Waals surface area contributed by atoms with Crippen LogP contribution in [-0.2, 0) is 9.53 Å². The number of hydrogen-bond donors (Lipinski definition) is 0. The fraction of sp³-hybridized carbons (Fsp3) is 0.632. The van der Waals surface area contributed by atoms with Gasteiger partial charge in [0.1, 0.15) is 5.75 Å². The van der Waals surface area contributed by atoms with E-state index in [0.29, 0.717) is 34.4 Å². The van der Waals surface area contributed by atoms with E-state index in [4.69, 9.17) is 32.7 Å². The largest absolute Gasteiger partial charge is 0.480 e. The van der Waals surface area contributed by atoms with Crippen molar-refractivity contribution < 1.29 is 18.8 Å². The number of hydrogen-bond acceptors (Lipinski definition) is 3. The van der Waals surface area contributed by atoms with Gasteiger partial charge in [0.05, 0.1) is 37.8 Å². The molecule has 25 heavy (non-hydrogen) atoms. The van der Waals surface area contributed by atoms with Gasteiger partial charge in [-0.3, -0.25) is 0 Å². The molecular formula is C19H26Cl2NO3+. The van der Waals surface area contributed by atoms with Gasteiger partial charge in [0.15, 0.2) is 6.61 Å². The topological polar surface area (TPSA) is 35.5 Å². The molecule has 0 saturated carbocycles. The average Bonchev–Trinajstić information content (AvgIpc) is 2.58. The van der Waals surface area contributed by atoms with Crippen molar-refractivity contribution in [1.29, 1.82) is 0 Å². The third-order valence-corrected chi connectivity index (χ3v) is 6.24. The molecule has 1 aromatic carbocycles. The highest BCUT2D eigenvalue weighted by atomic mass is 35.5. The summed E-state index contributed by atoms with van der Waals surface area (Å²) < 4.78 is 12.1. The molecule has 3 atom stereocenters. The molecule has 4 nitrogen and oxygen atoms in total. The van der Waals surface area contributed by atoms with E-state index >= 15 is 0 Å². The van der Waals surface area contributed by atoms with E-state index in [9.17, 15) is 4.79 Å². The van der Waals surface area contributed by atoms with Gasteiger partial charge in [0.2, 0.25) is 0 Å². The number of halogens is 2. The van der Waals surface area contributed by atoms with Crippen LogP contribution in [0.5, 0.6) is 5.75 Å². The fourth-order valence-electron chi connectivity index (χ4n) is 4.40. The van der Waals surface area contributed by atoms with Crippen LogP contribution >= 0.6 is 23.2 Å². The molecule has 0 radical (unpaired) electrons. The highest BCUT2D eigenvalue weighted by molar-refractivity contribution is 6.35. The van der Waals surface area contributed by atoms with E-state index in [0.717, 1.165) is 10.9 Å². The first kappa shape index (κ1) is 18.8. The van der Waals surface area contributed by atoms with Crippen LogP contribution < -0.4 is 4.74 Å². The van der Waals surface area contributed by atoms with Crippen molar-refractivity contribution in [2.75, 3.05) is 33.4 Å². The monoisotopic (exact) mass is 386 g/mol. The van der Waals surface area contributed by atoms with Crippen molar-refractivity contribution in [3.05, 3.63) is 28.2 Å². The van der Waals surface area contributed by atoms with Crippen LogP contribution in [0.25, 0.3) is 0 Å². The van der Waals surface area contributed by atoms with Crippen molar-refractivity contribution in [3.63, 3.8) is 0 Å². The second-order valence-corrected chi connectivity index (χ2v) is 8.28. The van der Waals surface area contributed by atoms with Gasteiger partial charge in [0, 0.05) is 17.4 Å². The fourth-order valence-corrected chi connectivity index (χ4v) is 4.86. The van der Waals surface area contributed by atoms with Crippen molar-refractivity contribution in [2.45, 2.75) is 38.1 Å². The van der Waals surface area contributed by atoms with Crippen molar-refractivity contribution >= 4 is 29.2 Å². The van der Waals surface area contributed by atoms with Gasteiger partial charge in [-0.05, 0) is 43.9 Å². The third-order valence-electron chi connectivity index (χ3n) is 5.71. The van der Waals surface area contributed by atoms with Crippen LogP contribution in [0.3, 0.4) is 0 Å². The maximum absolute atomic E-state index is 12.1. The van der Waals surface area contributed by atoms with E-state index in [1.165, 1.54) is 38.8 Å². The lowest BCUT2D eigenvalue weighted by atomic mass is 9.82. The molecule has 6 heteroatoms. The summed E-state index contributed by atoms with van der Waals surface area (Å²) in [6.07, 6.45) is 6.22. The highest BCUT2D eigenvalue weighted by Gasteiger charge is 2.43. The molecule has 3 rings (SSSR count). The molecule has 2 heterocycles. The van der Waals surface area contributed by atoms with E-state index < -0.39 is 0 Å². The number of rotatable bonds is 5. The summed E-state index contributed by atoms with van der Waals surface area (Å²) in [4.78, 5) is 12.1. The zero-order valence-corrected chi connectivity index (χ0v) is 16.2. The minimum absolute atomic E-state index is 0.134. The zero-order chi connectivity index (χ0) is 17.9. The number of fused-ring (bicyclic) bond motifs is 1. The van der Waals surface area contributed by atoms with Crippen molar-refractivity contribution in [3.8, 4) is 5.75 Å². The zero-order valence-electron chi connectivity index (χ0n) is 14.7. The van der Waals surface area contributed by atoms with Crippen LogP contribution in [-0.4, -0.2) is 49.8 Å². The molecule has 2 fully saturated rings. The number of carbonyl (C=O) groups is 1. The second-order valence-electron chi connectivity index (χ2n) is 7.44. The van der Waals surface area contributed by atoms with Gasteiger partial charge in [-0.25, -0.2) is 4.79 Å². The number of benzene rings is 1. The second kappa shape index (κ2) is 8.15. The molecule has 0 bridgehead atoms. The Hall–Kier alpha value is -0.970. The van der Waals surface area contributed by atoms with E-state index in [1.807, 2.05) is 0 Å². The summed E-state index contributed by atoms with van der Waals surface area (Å²) in [7, 11) is 2.36. The van der Waals surface area contributed by atoms with E-state index in [2.05, 4.69) is 7.05 Å². The first-order valence-electron chi connectivity index (χ1n) is 9.06. The molecule has 0 aliphatic carbocycles. The molecule has 138 valence electrons. The molecule has 2 aliphatic heterocycles. The van der Waals surface area contributed by atoms with Gasteiger partial charge in [-0.2, -0.15) is 0 Å². The van der Waals surface area contributed by atoms with E-state index in [1.54, 1.807) is 18.2 Å². The molecule has 0 unspecified atom stereocenters. The van der Waals surface area contributed by atoms with Crippen molar-refractivity contribution in [1.82, 2.24) is 0 Å². The third kappa shape index (κ3) is 4.60. The van der Waals surface area contributed by atoms with Crippen LogP contribution in [0.15, 0.2) is 18.2 Å². The average molecular weight is 387 g/mol. The number of piperidine rings is 2. The summed E-state index contributed by atoms with van der Waals surface area (Å²) in [6.45, 7) is 2.88. The molecule has 0 spiro atoms. The minimum atomic E-state index is -0.346. The van der Waals surface area contributed by atoms with Crippen molar-refractivity contribution in [2.24, 2.45) is 5.92 Å². The quantitative estimate of drug-likeness (QED) is 0.558. The highest BCUT2D eigenvalue weighted by Crippen LogP contribution is 2.36. The minimum Gasteiger partial charge on any atom is -0.480 e. The first-order chi connectivity index (χ1) is 12.0. The Bertz CT molecular complexity index is 621. The van der Waals surface area contributed by atoms with Crippen LogP contribution in [0.4, 0.5) is 0 Å². The number of nitrogens with zero attached hydrogens (tertiary/aromatic N) is 1. The molecule has 0 N–H and O–H groups in total. The normalized spacial score (nSPS) is 28.9. The predicted molar refractivity (Wildman–Crippen MR) is 99.2 cm³/mol. The molecule has 0 aromatic heterocycles. The number of ether oxygens (including phenoxy) is 2. The maximum atomic E-state index is 12.1. The summed E-state index contributed by atoms with van der Waals surface area (Å²) in [5.74, 6) is 0.556. The molecule has 0 amide bonds. The lowest BCUT2D eigenvalue weighted by Crippen LogP contribution is -2.61. The SMILES string of the molecule is C[N@+]12CCCC[C@@H]1[C@H](COC(=O)COc1ccc(Cl)cc1Cl)CCC2. The van der Waals surface area contributed by atoms with Gasteiger partial charge in [-0.1, -0.05) is 23.2 Å². The summed E-state index contributed by atoms with van der Waals surface area (Å²) in [5, 5.41) is 0.925. The summed E-state index contributed by atoms with van der Waals surface area (Å²) in [6, 6.07) is 5.55. The number of carbonyl (C=O) groups excluding carboxylic acids is 1. The lowest BCUT2D eigenvalue weighted by molar-refractivity contribution is -0.947. The Balaban J connectivity index is 1.48. The molecule has 2 saturated heterocycles. The Morgan fingerprint density at radius 2 is 2.00 bits per heavy atom. The number of esters is 1. The maximum Gasteiger partial charge on any atom is 0.344 e. The Labute approximate surface area is 159 Å². The Morgan fingerprint density at radius 1 is 1.20 bits per heavy atom. The number of quaternary nitrogens is 1. The standard InChI is InChI=1S/C19H26Cl2NO3/c1-22-9-3-2-6-17(22)14(5-4-10-22)12-25-19(23)13-24-18-8-7-15(20)11-16(18)21/h7-8,11,14,17H,2-6,9-10,12-13H2,1H3/q+1/t14-,17+,22+/m0/s1. The lowest BCUT2D eigenvalue weighted by Gasteiger charge is -2.51. The summed E-state index contributed by atoms with van der Waals surface area (Å²) >= 11 is 11.9. The Kier molecular flexibility index (Phi) is 6.13. The van der Waals surface area contributed by atoms with Gasteiger partial charge >= 0.3 is 5.97 Å². The van der Waals surface area contributed by atoms with Gasteiger partial charge < -0.3 is 14.0 Å². The van der Waals surface area contributed by atoms with Crippen LogP contribution in [0.1, 0.15) is 32.1 Å². The Morgan fingerprint density at radius 3 is 2.80 bits per heavy atom. The van der Waals surface area contributed by atoms with Crippen LogP contribution in [0.2, 0.25) is 10.0 Å². The molecule has 2 aliphatic rings.